The summed E-state index contributed by atoms with van der Waals surface area (Å²) in [6, 6.07) is 0. The Morgan fingerprint density at radius 3 is 2.35 bits per heavy atom. The van der Waals surface area contributed by atoms with Gasteiger partial charge in [0.2, 0.25) is 0 Å². The highest BCUT2D eigenvalue weighted by molar-refractivity contribution is 5.66. The lowest BCUT2D eigenvalue weighted by atomic mass is 10.1. The minimum Gasteiger partial charge on any atom is -0.481 e. The van der Waals surface area contributed by atoms with E-state index in [2.05, 4.69) is 13.8 Å². The highest BCUT2D eigenvalue weighted by Crippen LogP contribution is 2.13. The van der Waals surface area contributed by atoms with Crippen molar-refractivity contribution in [3.05, 3.63) is 0 Å². The van der Waals surface area contributed by atoms with Crippen LogP contribution in [-0.4, -0.2) is 23.8 Å². The molecule has 0 heterocycles. The first-order chi connectivity index (χ1) is 8.20. The van der Waals surface area contributed by atoms with Crippen molar-refractivity contribution in [3.8, 4) is 0 Å². The lowest BCUT2D eigenvalue weighted by molar-refractivity contribution is -0.137. The maximum atomic E-state index is 10.6. The number of carboxylic acid groups (broad SMARTS) is 1. The quantitative estimate of drug-likeness (QED) is 0.528. The van der Waals surface area contributed by atoms with Crippen LogP contribution in [0.4, 0.5) is 0 Å². The summed E-state index contributed by atoms with van der Waals surface area (Å²) in [7, 11) is 0. The van der Waals surface area contributed by atoms with Crippen LogP contribution in [0, 0.1) is 0 Å². The molecular formula is C14H28O3. The topological polar surface area (TPSA) is 46.5 Å². The summed E-state index contributed by atoms with van der Waals surface area (Å²) >= 11 is 0. The number of unbranched alkanes of at least 4 members (excludes halogenated alkanes) is 4. The van der Waals surface area contributed by atoms with Crippen molar-refractivity contribution in [2.45, 2.75) is 77.7 Å². The van der Waals surface area contributed by atoms with Gasteiger partial charge in [-0.05, 0) is 19.3 Å². The number of hydrogen-bond acceptors (Lipinski definition) is 2. The first-order valence-corrected chi connectivity index (χ1v) is 7.04. The minimum absolute atomic E-state index is 0.148. The lowest BCUT2D eigenvalue weighted by Crippen LogP contribution is -2.15. The van der Waals surface area contributed by atoms with Crippen LogP contribution in [0.3, 0.4) is 0 Å². The first-order valence-electron chi connectivity index (χ1n) is 7.04. The zero-order chi connectivity index (χ0) is 12.9. The SMILES string of the molecule is CCCCCCC(CCC(=O)O)OCCCC. The predicted molar refractivity (Wildman–Crippen MR) is 70.3 cm³/mol. The summed E-state index contributed by atoms with van der Waals surface area (Å²) in [6.07, 6.45) is 9.13. The van der Waals surface area contributed by atoms with E-state index in [0.717, 1.165) is 32.3 Å². The smallest absolute Gasteiger partial charge is 0.303 e. The summed E-state index contributed by atoms with van der Waals surface area (Å²) < 4.78 is 5.75. The van der Waals surface area contributed by atoms with Crippen LogP contribution in [0.1, 0.15) is 71.6 Å². The molecular weight excluding hydrogens is 216 g/mol. The molecule has 0 fully saturated rings. The molecule has 0 aliphatic carbocycles. The van der Waals surface area contributed by atoms with Crippen molar-refractivity contribution in [3.63, 3.8) is 0 Å². The van der Waals surface area contributed by atoms with Crippen molar-refractivity contribution in [1.29, 1.82) is 0 Å². The van der Waals surface area contributed by atoms with Crippen LogP contribution in [0.15, 0.2) is 0 Å². The molecule has 17 heavy (non-hydrogen) atoms. The molecule has 0 saturated heterocycles. The van der Waals surface area contributed by atoms with Crippen LogP contribution < -0.4 is 0 Å². The van der Waals surface area contributed by atoms with Crippen LogP contribution in [0.25, 0.3) is 0 Å². The molecule has 0 aromatic rings. The van der Waals surface area contributed by atoms with Gasteiger partial charge in [0.25, 0.3) is 0 Å². The molecule has 0 aromatic carbocycles. The van der Waals surface area contributed by atoms with Gasteiger partial charge >= 0.3 is 5.97 Å². The minimum atomic E-state index is -0.720. The zero-order valence-electron chi connectivity index (χ0n) is 11.4. The van der Waals surface area contributed by atoms with E-state index in [1.807, 2.05) is 0 Å². The van der Waals surface area contributed by atoms with Gasteiger partial charge in [-0.3, -0.25) is 4.79 Å². The first kappa shape index (κ1) is 16.4. The molecule has 0 aliphatic rings. The second kappa shape index (κ2) is 11.9. The summed E-state index contributed by atoms with van der Waals surface area (Å²) in [5.74, 6) is -0.720. The molecule has 3 heteroatoms. The van der Waals surface area contributed by atoms with Crippen LogP contribution in [0.5, 0.6) is 0 Å². The van der Waals surface area contributed by atoms with Crippen LogP contribution >= 0.6 is 0 Å². The molecule has 0 radical (unpaired) electrons. The number of ether oxygens (including phenoxy) is 1. The molecule has 3 nitrogen and oxygen atoms in total. The molecule has 1 atom stereocenters. The fraction of sp³-hybridized carbons (Fsp3) is 0.929. The van der Waals surface area contributed by atoms with Crippen molar-refractivity contribution in [1.82, 2.24) is 0 Å². The standard InChI is InChI=1S/C14H28O3/c1-3-5-7-8-9-13(10-11-14(15)16)17-12-6-4-2/h13H,3-12H2,1-2H3,(H,15,16). The average molecular weight is 244 g/mol. The predicted octanol–water partition coefficient (Wildman–Crippen LogP) is 4.01. The number of carbonyl (C=O) groups is 1. The second-order valence-electron chi connectivity index (χ2n) is 4.63. The van der Waals surface area contributed by atoms with E-state index >= 15 is 0 Å². The van der Waals surface area contributed by atoms with E-state index in [1.54, 1.807) is 0 Å². The van der Waals surface area contributed by atoms with Gasteiger partial charge in [0.15, 0.2) is 0 Å². The molecule has 1 unspecified atom stereocenters. The Balaban J connectivity index is 3.71. The molecule has 102 valence electrons. The van der Waals surface area contributed by atoms with E-state index in [9.17, 15) is 4.79 Å². The Labute approximate surface area is 106 Å². The number of rotatable bonds is 12. The van der Waals surface area contributed by atoms with Crippen LogP contribution in [-0.2, 0) is 9.53 Å². The fourth-order valence-electron chi connectivity index (χ4n) is 1.79. The van der Waals surface area contributed by atoms with E-state index in [4.69, 9.17) is 9.84 Å². The van der Waals surface area contributed by atoms with E-state index in [1.165, 1.54) is 19.3 Å². The summed E-state index contributed by atoms with van der Waals surface area (Å²) in [4.78, 5) is 10.6. The Bertz CT molecular complexity index is 180. The zero-order valence-corrected chi connectivity index (χ0v) is 11.4. The van der Waals surface area contributed by atoms with Gasteiger partial charge < -0.3 is 9.84 Å². The Morgan fingerprint density at radius 2 is 1.76 bits per heavy atom. The highest BCUT2D eigenvalue weighted by atomic mass is 16.5. The third kappa shape index (κ3) is 11.7. The van der Waals surface area contributed by atoms with Gasteiger partial charge in [0.1, 0.15) is 0 Å². The van der Waals surface area contributed by atoms with E-state index < -0.39 is 5.97 Å². The molecule has 0 spiro atoms. The molecule has 0 amide bonds. The van der Waals surface area contributed by atoms with E-state index in [0.29, 0.717) is 6.42 Å². The third-order valence-electron chi connectivity index (χ3n) is 2.91. The normalized spacial score (nSPS) is 12.6. The van der Waals surface area contributed by atoms with Crippen molar-refractivity contribution in [2.24, 2.45) is 0 Å². The van der Waals surface area contributed by atoms with E-state index in [-0.39, 0.29) is 12.5 Å². The number of aliphatic carboxylic acids is 1. The van der Waals surface area contributed by atoms with Gasteiger partial charge in [0.05, 0.1) is 6.10 Å². The highest BCUT2D eigenvalue weighted by Gasteiger charge is 2.10. The molecule has 0 aromatic heterocycles. The van der Waals surface area contributed by atoms with Gasteiger partial charge in [-0.25, -0.2) is 0 Å². The fourth-order valence-corrected chi connectivity index (χ4v) is 1.79. The van der Waals surface area contributed by atoms with Gasteiger partial charge in [-0.15, -0.1) is 0 Å². The molecule has 0 aliphatic heterocycles. The maximum absolute atomic E-state index is 10.6. The van der Waals surface area contributed by atoms with Crippen LogP contribution in [0.2, 0.25) is 0 Å². The summed E-state index contributed by atoms with van der Waals surface area (Å²) in [5.41, 5.74) is 0. The summed E-state index contributed by atoms with van der Waals surface area (Å²) in [5, 5.41) is 8.69. The Kier molecular flexibility index (Phi) is 11.5. The van der Waals surface area contributed by atoms with Crippen molar-refractivity contribution in [2.75, 3.05) is 6.61 Å². The van der Waals surface area contributed by atoms with Gasteiger partial charge in [0, 0.05) is 13.0 Å². The lowest BCUT2D eigenvalue weighted by Gasteiger charge is -2.17. The van der Waals surface area contributed by atoms with Gasteiger partial charge in [-0.1, -0.05) is 46.0 Å². The molecule has 1 N–H and O–H groups in total. The van der Waals surface area contributed by atoms with Crippen molar-refractivity contribution >= 4 is 5.97 Å². The maximum Gasteiger partial charge on any atom is 0.303 e. The average Bonchev–Trinajstić information content (AvgIpc) is 2.30. The second-order valence-corrected chi connectivity index (χ2v) is 4.63. The number of carboxylic acids is 1. The summed E-state index contributed by atoms with van der Waals surface area (Å²) in [6.45, 7) is 5.10. The van der Waals surface area contributed by atoms with Gasteiger partial charge in [-0.2, -0.15) is 0 Å². The third-order valence-corrected chi connectivity index (χ3v) is 2.91. The van der Waals surface area contributed by atoms with Crippen molar-refractivity contribution < 1.29 is 14.6 Å². The Morgan fingerprint density at radius 1 is 1.06 bits per heavy atom. The largest absolute Gasteiger partial charge is 0.481 e. The molecule has 0 rings (SSSR count). The monoisotopic (exact) mass is 244 g/mol. The number of hydrogen-bond donors (Lipinski definition) is 1. The molecule has 0 bridgehead atoms. The molecule has 0 saturated carbocycles. The Hall–Kier alpha value is -0.570.